The summed E-state index contributed by atoms with van der Waals surface area (Å²) in [5, 5.41) is 12.2. The Morgan fingerprint density at radius 1 is 1.38 bits per heavy atom. The third-order valence-electron chi connectivity index (χ3n) is 3.50. The Hall–Kier alpha value is -1.37. The molecule has 0 saturated heterocycles. The van der Waals surface area contributed by atoms with E-state index in [4.69, 9.17) is 5.11 Å². The van der Waals surface area contributed by atoms with E-state index < -0.39 is 34.7 Å². The van der Waals surface area contributed by atoms with Gasteiger partial charge in [-0.2, -0.15) is 16.2 Å². The number of benzene rings is 1. The topological polar surface area (TPSA) is 49.3 Å². The van der Waals surface area contributed by atoms with Crippen molar-refractivity contribution in [3.8, 4) is 5.75 Å². The monoisotopic (exact) mass is 319 g/mol. The summed E-state index contributed by atoms with van der Waals surface area (Å²) in [7, 11) is 0. The van der Waals surface area contributed by atoms with Crippen molar-refractivity contribution in [2.24, 2.45) is 0 Å². The molecule has 1 fully saturated rings. The second-order valence-electron chi connectivity index (χ2n) is 4.94. The second-order valence-corrected chi connectivity index (χ2v) is 6.52. The number of carbonyl (C=O) groups is 1. The highest BCUT2D eigenvalue weighted by Crippen LogP contribution is 2.30. The molecule has 1 saturated carbocycles. The first-order chi connectivity index (χ1) is 9.93. The van der Waals surface area contributed by atoms with Crippen molar-refractivity contribution < 1.29 is 23.1 Å². The van der Waals surface area contributed by atoms with E-state index in [9.17, 15) is 18.0 Å². The number of phenols is 1. The second kappa shape index (κ2) is 6.60. The van der Waals surface area contributed by atoms with Gasteiger partial charge in [-0.15, -0.1) is 0 Å². The highest BCUT2D eigenvalue weighted by Gasteiger charge is 2.28. The number of aromatic hydroxyl groups is 1. The lowest BCUT2D eigenvalue weighted by Gasteiger charge is -2.14. The van der Waals surface area contributed by atoms with Crippen LogP contribution in [0.25, 0.3) is 0 Å². The fourth-order valence-corrected chi connectivity index (χ4v) is 3.62. The van der Waals surface area contributed by atoms with Gasteiger partial charge in [0, 0.05) is 11.3 Å². The van der Waals surface area contributed by atoms with Gasteiger partial charge in [0.1, 0.15) is 0 Å². The smallest absolute Gasteiger partial charge is 0.254 e. The van der Waals surface area contributed by atoms with E-state index in [1.807, 2.05) is 0 Å². The standard InChI is InChI=1S/C14H16F3NO2S/c1-2-21-8-4-3-7(5-8)18-14(20)9-6-10(15)12(17)13(19)11(9)16/h6-8,19H,2-5H2,1H3,(H,18,20)/t7-,8-/m0/s1. The molecule has 1 aromatic carbocycles. The van der Waals surface area contributed by atoms with Crippen LogP contribution in [-0.4, -0.2) is 28.1 Å². The van der Waals surface area contributed by atoms with Gasteiger partial charge in [0.25, 0.3) is 5.91 Å². The van der Waals surface area contributed by atoms with Crippen molar-refractivity contribution in [2.45, 2.75) is 37.5 Å². The third kappa shape index (κ3) is 3.45. The number of amides is 1. The maximum Gasteiger partial charge on any atom is 0.254 e. The Balaban J connectivity index is 2.08. The normalized spacial score (nSPS) is 21.5. The fourth-order valence-electron chi connectivity index (χ4n) is 2.48. The first kappa shape index (κ1) is 16.0. The van der Waals surface area contributed by atoms with Gasteiger partial charge in [0.2, 0.25) is 5.82 Å². The average molecular weight is 319 g/mol. The van der Waals surface area contributed by atoms with Gasteiger partial charge in [-0.3, -0.25) is 4.79 Å². The first-order valence-corrected chi connectivity index (χ1v) is 7.77. The van der Waals surface area contributed by atoms with Gasteiger partial charge >= 0.3 is 0 Å². The highest BCUT2D eigenvalue weighted by molar-refractivity contribution is 7.99. The molecule has 3 nitrogen and oxygen atoms in total. The van der Waals surface area contributed by atoms with Crippen LogP contribution in [0.4, 0.5) is 13.2 Å². The molecule has 0 aromatic heterocycles. The maximum absolute atomic E-state index is 13.6. The quantitative estimate of drug-likeness (QED) is 0.838. The van der Waals surface area contributed by atoms with Gasteiger partial charge in [-0.25, -0.2) is 8.78 Å². The lowest BCUT2D eigenvalue weighted by Crippen LogP contribution is -2.33. The number of phenolic OH excluding ortho intramolecular Hbond substituents is 1. The molecule has 2 atom stereocenters. The summed E-state index contributed by atoms with van der Waals surface area (Å²) in [6.07, 6.45) is 2.48. The zero-order chi connectivity index (χ0) is 15.6. The molecule has 7 heteroatoms. The number of carbonyl (C=O) groups excluding carboxylic acids is 1. The molecule has 1 aromatic rings. The zero-order valence-electron chi connectivity index (χ0n) is 11.5. The minimum Gasteiger partial charge on any atom is -0.503 e. The Morgan fingerprint density at radius 2 is 2.10 bits per heavy atom. The van der Waals surface area contributed by atoms with Gasteiger partial charge in [-0.05, 0) is 31.1 Å². The molecule has 116 valence electrons. The molecule has 1 aliphatic rings. The minimum absolute atomic E-state index is 0.115. The summed E-state index contributed by atoms with van der Waals surface area (Å²) < 4.78 is 39.8. The van der Waals surface area contributed by atoms with Crippen LogP contribution in [0.15, 0.2) is 6.07 Å². The van der Waals surface area contributed by atoms with Gasteiger partial charge in [-0.1, -0.05) is 6.92 Å². The average Bonchev–Trinajstić information content (AvgIpc) is 2.88. The first-order valence-electron chi connectivity index (χ1n) is 6.73. The maximum atomic E-state index is 13.6. The highest BCUT2D eigenvalue weighted by atomic mass is 32.2. The minimum atomic E-state index is -1.69. The van der Waals surface area contributed by atoms with Crippen molar-refractivity contribution in [3.05, 3.63) is 29.1 Å². The van der Waals surface area contributed by atoms with Crippen molar-refractivity contribution in [3.63, 3.8) is 0 Å². The summed E-state index contributed by atoms with van der Waals surface area (Å²) in [5.41, 5.74) is -0.682. The van der Waals surface area contributed by atoms with Crippen LogP contribution in [-0.2, 0) is 0 Å². The number of halogens is 3. The van der Waals surface area contributed by atoms with Crippen LogP contribution < -0.4 is 5.32 Å². The molecule has 0 unspecified atom stereocenters. The molecule has 21 heavy (non-hydrogen) atoms. The van der Waals surface area contributed by atoms with E-state index in [1.165, 1.54) is 0 Å². The molecule has 0 aliphatic heterocycles. The molecule has 0 radical (unpaired) electrons. The fraction of sp³-hybridized carbons (Fsp3) is 0.500. The Bertz CT molecular complexity index is 554. The molecule has 2 N–H and O–H groups in total. The van der Waals surface area contributed by atoms with Crippen molar-refractivity contribution in [1.29, 1.82) is 0 Å². The Kier molecular flexibility index (Phi) is 5.03. The van der Waals surface area contributed by atoms with Crippen molar-refractivity contribution >= 4 is 17.7 Å². The lowest BCUT2D eigenvalue weighted by molar-refractivity contribution is 0.0932. The predicted molar refractivity (Wildman–Crippen MR) is 75.0 cm³/mol. The van der Waals surface area contributed by atoms with Gasteiger partial charge in [0.15, 0.2) is 17.4 Å². The van der Waals surface area contributed by atoms with Crippen LogP contribution >= 0.6 is 11.8 Å². The summed E-state index contributed by atoms with van der Waals surface area (Å²) in [6, 6.07) is 0.351. The molecule has 1 aliphatic carbocycles. The van der Waals surface area contributed by atoms with Crippen molar-refractivity contribution in [1.82, 2.24) is 5.32 Å². The van der Waals surface area contributed by atoms with E-state index in [0.717, 1.165) is 25.0 Å². The van der Waals surface area contributed by atoms with Crippen LogP contribution in [0.1, 0.15) is 36.5 Å². The summed E-state index contributed by atoms with van der Waals surface area (Å²) >= 11 is 1.80. The third-order valence-corrected chi connectivity index (χ3v) is 4.73. The predicted octanol–water partition coefficient (Wildman–Crippen LogP) is 3.21. The molecule has 0 spiro atoms. The summed E-state index contributed by atoms with van der Waals surface area (Å²) in [6.45, 7) is 2.05. The van der Waals surface area contributed by atoms with E-state index in [2.05, 4.69) is 12.2 Å². The molecule has 1 amide bonds. The van der Waals surface area contributed by atoms with Crippen LogP contribution in [0.3, 0.4) is 0 Å². The van der Waals surface area contributed by atoms with Crippen LogP contribution in [0.5, 0.6) is 5.75 Å². The SMILES string of the molecule is CCS[C@H]1CC[C@H](NC(=O)c2cc(F)c(F)c(O)c2F)C1. The Labute approximate surface area is 124 Å². The van der Waals surface area contributed by atoms with E-state index in [0.29, 0.717) is 11.3 Å². The molecular weight excluding hydrogens is 303 g/mol. The van der Waals surface area contributed by atoms with E-state index in [-0.39, 0.29) is 6.04 Å². The molecule has 0 bridgehead atoms. The largest absolute Gasteiger partial charge is 0.503 e. The number of rotatable bonds is 4. The summed E-state index contributed by atoms with van der Waals surface area (Å²) in [5.74, 6) is -5.91. The van der Waals surface area contributed by atoms with Crippen LogP contribution in [0, 0.1) is 17.5 Å². The van der Waals surface area contributed by atoms with Gasteiger partial charge < -0.3 is 10.4 Å². The van der Waals surface area contributed by atoms with E-state index >= 15 is 0 Å². The molecular formula is C14H16F3NO2S. The number of nitrogens with one attached hydrogen (secondary N) is 1. The lowest BCUT2D eigenvalue weighted by atomic mass is 10.1. The van der Waals surface area contributed by atoms with Crippen LogP contribution in [0.2, 0.25) is 0 Å². The zero-order valence-corrected chi connectivity index (χ0v) is 12.3. The number of thioether (sulfide) groups is 1. The van der Waals surface area contributed by atoms with Crippen molar-refractivity contribution in [2.75, 3.05) is 5.75 Å². The number of hydrogen-bond donors (Lipinski definition) is 2. The molecule has 2 rings (SSSR count). The molecule has 0 heterocycles. The Morgan fingerprint density at radius 3 is 2.76 bits per heavy atom. The van der Waals surface area contributed by atoms with E-state index in [1.54, 1.807) is 11.8 Å². The van der Waals surface area contributed by atoms with Gasteiger partial charge in [0.05, 0.1) is 5.56 Å². The number of hydrogen-bond acceptors (Lipinski definition) is 3. The summed E-state index contributed by atoms with van der Waals surface area (Å²) in [4.78, 5) is 11.9.